The summed E-state index contributed by atoms with van der Waals surface area (Å²) in [5.74, 6) is -0.840. The van der Waals surface area contributed by atoms with Crippen molar-refractivity contribution >= 4 is 5.97 Å². The summed E-state index contributed by atoms with van der Waals surface area (Å²) in [5, 5.41) is 28.3. The molecule has 3 N–H and O–H groups in total. The van der Waals surface area contributed by atoms with Crippen molar-refractivity contribution in [1.29, 1.82) is 0 Å². The fourth-order valence-corrected chi connectivity index (χ4v) is 5.74. The maximum atomic E-state index is 11.0. The number of carboxylic acid groups (broad SMARTS) is 1. The first-order chi connectivity index (χ1) is 11.1. The number of carboxylic acids is 1. The Kier molecular flexibility index (Phi) is 5.81. The van der Waals surface area contributed by atoms with Gasteiger partial charge in [0, 0.05) is 12.5 Å². The van der Waals surface area contributed by atoms with Crippen LogP contribution in [0.1, 0.15) is 65.7 Å². The zero-order valence-electron chi connectivity index (χ0n) is 15.4. The largest absolute Gasteiger partial charge is 0.479 e. The van der Waals surface area contributed by atoms with Gasteiger partial charge in [-0.1, -0.05) is 39.3 Å². The van der Waals surface area contributed by atoms with Crippen LogP contribution in [0.15, 0.2) is 12.2 Å². The second-order valence-corrected chi connectivity index (χ2v) is 8.95. The highest BCUT2D eigenvalue weighted by Crippen LogP contribution is 2.61. The summed E-state index contributed by atoms with van der Waals surface area (Å²) in [6, 6.07) is 0. The maximum absolute atomic E-state index is 11.0. The normalized spacial score (nSPS) is 35.1. The van der Waals surface area contributed by atoms with E-state index in [0.29, 0.717) is 23.7 Å². The topological polar surface area (TPSA) is 77.8 Å². The molecule has 2 aliphatic carbocycles. The fourth-order valence-electron chi connectivity index (χ4n) is 5.74. The molecule has 0 aromatic rings. The number of allylic oxidation sites excluding steroid dienone is 1. The van der Waals surface area contributed by atoms with Gasteiger partial charge in [-0.15, -0.1) is 0 Å². The molecule has 24 heavy (non-hydrogen) atoms. The summed E-state index contributed by atoms with van der Waals surface area (Å²) < 4.78 is 0. The summed E-state index contributed by atoms with van der Waals surface area (Å²) in [7, 11) is 0. The third kappa shape index (κ3) is 3.55. The van der Waals surface area contributed by atoms with Crippen LogP contribution in [0.3, 0.4) is 0 Å². The predicted octanol–water partition coefficient (Wildman–Crippen LogP) is 3.62. The average molecular weight is 338 g/mol. The van der Waals surface area contributed by atoms with Gasteiger partial charge in [0.2, 0.25) is 0 Å². The Balaban J connectivity index is 2.15. The first-order valence-electron chi connectivity index (χ1n) is 9.33. The predicted molar refractivity (Wildman–Crippen MR) is 94.5 cm³/mol. The first-order valence-corrected chi connectivity index (χ1v) is 9.33. The zero-order valence-corrected chi connectivity index (χ0v) is 15.4. The van der Waals surface area contributed by atoms with Gasteiger partial charge in [-0.2, -0.15) is 0 Å². The lowest BCUT2D eigenvalue weighted by Gasteiger charge is -2.58. The summed E-state index contributed by atoms with van der Waals surface area (Å²) >= 11 is 0. The van der Waals surface area contributed by atoms with Gasteiger partial charge in [-0.05, 0) is 61.2 Å². The van der Waals surface area contributed by atoms with Crippen LogP contribution in [0.4, 0.5) is 0 Å². The van der Waals surface area contributed by atoms with Crippen LogP contribution < -0.4 is 0 Å². The molecule has 4 nitrogen and oxygen atoms in total. The van der Waals surface area contributed by atoms with Gasteiger partial charge in [0.05, 0.1) is 0 Å². The monoisotopic (exact) mass is 338 g/mol. The minimum atomic E-state index is -1.49. The van der Waals surface area contributed by atoms with Crippen LogP contribution in [0.25, 0.3) is 0 Å². The van der Waals surface area contributed by atoms with Crippen molar-refractivity contribution in [3.05, 3.63) is 12.2 Å². The van der Waals surface area contributed by atoms with E-state index in [2.05, 4.69) is 27.4 Å². The maximum Gasteiger partial charge on any atom is 0.332 e. The van der Waals surface area contributed by atoms with Crippen molar-refractivity contribution in [2.24, 2.45) is 28.6 Å². The lowest BCUT2D eigenvalue weighted by Crippen LogP contribution is -2.49. The van der Waals surface area contributed by atoms with Crippen molar-refractivity contribution < 1.29 is 20.1 Å². The third-order valence-corrected chi connectivity index (χ3v) is 7.08. The molecule has 0 bridgehead atoms. The van der Waals surface area contributed by atoms with Gasteiger partial charge in [0.15, 0.2) is 6.10 Å². The van der Waals surface area contributed by atoms with Gasteiger partial charge in [-0.25, -0.2) is 4.79 Å². The standard InChI is InChI=1S/C20H34O4/c1-13-6-9-16-19(2,3)10-5-11-20(16,4)15(13)8-7-14(12-21)17(22)18(23)24/h14-17,21-22H,1,5-12H2,2-4H3,(H,23,24)/t14-,15-,16-,17-,20+/m1/s1. The van der Waals surface area contributed by atoms with Gasteiger partial charge < -0.3 is 15.3 Å². The number of hydrogen-bond acceptors (Lipinski definition) is 3. The Morgan fingerprint density at radius 1 is 1.33 bits per heavy atom. The highest BCUT2D eigenvalue weighted by molar-refractivity contribution is 5.72. The molecule has 2 fully saturated rings. The van der Waals surface area contributed by atoms with E-state index >= 15 is 0 Å². The quantitative estimate of drug-likeness (QED) is 0.646. The van der Waals surface area contributed by atoms with E-state index in [1.54, 1.807) is 0 Å². The number of carbonyl (C=O) groups is 1. The smallest absolute Gasteiger partial charge is 0.332 e. The van der Waals surface area contributed by atoms with Crippen LogP contribution in [0.2, 0.25) is 0 Å². The Hall–Kier alpha value is -0.870. The Labute approximate surface area is 146 Å². The van der Waals surface area contributed by atoms with Gasteiger partial charge in [-0.3, -0.25) is 0 Å². The van der Waals surface area contributed by atoms with Crippen LogP contribution in [-0.2, 0) is 4.79 Å². The van der Waals surface area contributed by atoms with Crippen LogP contribution in [0, 0.1) is 28.6 Å². The van der Waals surface area contributed by atoms with Crippen molar-refractivity contribution in [2.75, 3.05) is 6.61 Å². The average Bonchev–Trinajstić information content (AvgIpc) is 2.48. The first kappa shape index (κ1) is 19.5. The van der Waals surface area contributed by atoms with E-state index in [1.165, 1.54) is 31.3 Å². The number of aliphatic carboxylic acids is 1. The van der Waals surface area contributed by atoms with Crippen molar-refractivity contribution in [3.8, 4) is 0 Å². The highest BCUT2D eigenvalue weighted by atomic mass is 16.4. The number of aliphatic hydroxyl groups excluding tert-OH is 2. The van der Waals surface area contributed by atoms with Gasteiger partial charge in [0.25, 0.3) is 0 Å². The van der Waals surface area contributed by atoms with E-state index in [9.17, 15) is 15.0 Å². The summed E-state index contributed by atoms with van der Waals surface area (Å²) in [6.07, 6.45) is 5.76. The van der Waals surface area contributed by atoms with E-state index in [-0.39, 0.29) is 12.0 Å². The molecule has 0 saturated heterocycles. The molecule has 2 aliphatic rings. The molecule has 0 spiro atoms. The van der Waals surface area contributed by atoms with E-state index in [0.717, 1.165) is 12.8 Å². The second-order valence-electron chi connectivity index (χ2n) is 8.95. The lowest BCUT2D eigenvalue weighted by atomic mass is 9.47. The molecular formula is C20H34O4. The molecule has 0 amide bonds. The number of rotatable bonds is 6. The Morgan fingerprint density at radius 2 is 2.00 bits per heavy atom. The number of aliphatic hydroxyl groups is 2. The third-order valence-electron chi connectivity index (χ3n) is 7.08. The molecule has 138 valence electrons. The Bertz CT molecular complexity index is 484. The summed E-state index contributed by atoms with van der Waals surface area (Å²) in [6.45, 7) is 11.2. The number of hydrogen-bond donors (Lipinski definition) is 3. The zero-order chi connectivity index (χ0) is 18.1. The van der Waals surface area contributed by atoms with E-state index < -0.39 is 18.0 Å². The Morgan fingerprint density at radius 3 is 2.58 bits per heavy atom. The molecule has 0 radical (unpaired) electrons. The molecule has 2 rings (SSSR count). The molecule has 4 heteroatoms. The van der Waals surface area contributed by atoms with Gasteiger partial charge in [0.1, 0.15) is 0 Å². The minimum absolute atomic E-state index is 0.200. The molecule has 0 unspecified atom stereocenters. The summed E-state index contributed by atoms with van der Waals surface area (Å²) in [5.41, 5.74) is 1.81. The van der Waals surface area contributed by atoms with Gasteiger partial charge >= 0.3 is 5.97 Å². The van der Waals surface area contributed by atoms with Crippen molar-refractivity contribution in [2.45, 2.75) is 71.8 Å². The lowest BCUT2D eigenvalue weighted by molar-refractivity contribution is -0.151. The van der Waals surface area contributed by atoms with Crippen molar-refractivity contribution in [1.82, 2.24) is 0 Å². The molecule has 2 saturated carbocycles. The number of fused-ring (bicyclic) bond motifs is 1. The van der Waals surface area contributed by atoms with Crippen LogP contribution >= 0.6 is 0 Å². The highest BCUT2D eigenvalue weighted by Gasteiger charge is 2.52. The van der Waals surface area contributed by atoms with Crippen LogP contribution in [0.5, 0.6) is 0 Å². The molecule has 0 aromatic carbocycles. The SMILES string of the molecule is C=C1CC[C@@H]2C(C)(C)CCC[C@@]2(C)[C@@H]1CC[C@H](CO)[C@@H](O)C(=O)O. The van der Waals surface area contributed by atoms with E-state index in [4.69, 9.17) is 5.11 Å². The molecular weight excluding hydrogens is 304 g/mol. The van der Waals surface area contributed by atoms with Crippen molar-refractivity contribution in [3.63, 3.8) is 0 Å². The molecule has 0 aromatic heterocycles. The molecule has 5 atom stereocenters. The van der Waals surface area contributed by atoms with E-state index in [1.807, 2.05) is 0 Å². The van der Waals surface area contributed by atoms with Crippen LogP contribution in [-0.4, -0.2) is 34.0 Å². The fraction of sp³-hybridized carbons (Fsp3) is 0.850. The molecule has 0 aliphatic heterocycles. The minimum Gasteiger partial charge on any atom is -0.479 e. The summed E-state index contributed by atoms with van der Waals surface area (Å²) in [4.78, 5) is 11.0. The second kappa shape index (κ2) is 7.17. The molecule has 0 heterocycles.